The molecule has 4 nitrogen and oxygen atoms in total. The topological polar surface area (TPSA) is 38.3 Å². The largest absolute Gasteiger partial charge is 0.381 e. The summed E-state index contributed by atoms with van der Waals surface area (Å²) in [5.41, 5.74) is 2.39. The van der Waals surface area contributed by atoms with Gasteiger partial charge in [0.1, 0.15) is 10.7 Å². The maximum Gasteiger partial charge on any atom is 0.138 e. The molecule has 2 rings (SSSR count). The lowest BCUT2D eigenvalue weighted by molar-refractivity contribution is 0.164. The number of likely N-dealkylation sites (N-methyl/N-ethyl adjacent to an activating group) is 1. The van der Waals surface area contributed by atoms with Gasteiger partial charge in [0.2, 0.25) is 0 Å². The number of hydrogen-bond donors (Lipinski definition) is 0. The van der Waals surface area contributed by atoms with Gasteiger partial charge in [-0.25, -0.2) is 0 Å². The molecule has 0 saturated heterocycles. The Labute approximate surface area is 117 Å². The lowest BCUT2D eigenvalue weighted by Crippen LogP contribution is -2.25. The van der Waals surface area contributed by atoms with E-state index >= 15 is 0 Å². The molecule has 0 N–H and O–H groups in total. The van der Waals surface area contributed by atoms with Crippen LogP contribution in [0.5, 0.6) is 0 Å². The summed E-state index contributed by atoms with van der Waals surface area (Å²) in [7, 11) is 2.15. The fraction of sp³-hybridized carbons (Fsp3) is 0.667. The quantitative estimate of drug-likeness (QED) is 0.593. The lowest BCUT2D eigenvalue weighted by atomic mass is 10.1. The highest BCUT2D eigenvalue weighted by Crippen LogP contribution is 2.28. The number of nitrogens with zero attached hydrogens (tertiary/aromatic N) is 3. The average Bonchev–Trinajstić information content (AvgIpc) is 2.83. The smallest absolute Gasteiger partial charge is 0.138 e. The zero-order valence-electron chi connectivity index (χ0n) is 10.9. The van der Waals surface area contributed by atoms with E-state index in [0.29, 0.717) is 0 Å². The highest BCUT2D eigenvalue weighted by molar-refractivity contribution is 7.99. The van der Waals surface area contributed by atoms with E-state index in [1.54, 1.807) is 11.8 Å². The fourth-order valence-electron chi connectivity index (χ4n) is 1.88. The van der Waals surface area contributed by atoms with E-state index in [1.807, 2.05) is 6.92 Å². The van der Waals surface area contributed by atoms with Gasteiger partial charge in [-0.2, -0.15) is 8.75 Å². The molecule has 0 fully saturated rings. The van der Waals surface area contributed by atoms with Gasteiger partial charge in [-0.15, -0.1) is 11.8 Å². The van der Waals surface area contributed by atoms with Crippen LogP contribution in [0.4, 0.5) is 0 Å². The predicted octanol–water partition coefficient (Wildman–Crippen LogP) is 2.39. The Bertz CT molecular complexity index is 406. The van der Waals surface area contributed by atoms with Gasteiger partial charge in [0, 0.05) is 25.4 Å². The maximum atomic E-state index is 5.35. The van der Waals surface area contributed by atoms with Crippen LogP contribution in [0.25, 0.3) is 5.57 Å². The summed E-state index contributed by atoms with van der Waals surface area (Å²) >= 11 is 3.04. The maximum absolute atomic E-state index is 5.35. The van der Waals surface area contributed by atoms with E-state index in [2.05, 4.69) is 26.8 Å². The summed E-state index contributed by atoms with van der Waals surface area (Å²) in [6.07, 6.45) is 3.40. The minimum Gasteiger partial charge on any atom is -0.381 e. The van der Waals surface area contributed by atoms with Crippen molar-refractivity contribution in [1.29, 1.82) is 0 Å². The highest BCUT2D eigenvalue weighted by atomic mass is 32.2. The van der Waals surface area contributed by atoms with Crippen LogP contribution in [-0.2, 0) is 4.74 Å². The highest BCUT2D eigenvalue weighted by Gasteiger charge is 2.17. The molecule has 0 bridgehead atoms. The van der Waals surface area contributed by atoms with Crippen molar-refractivity contribution in [3.63, 3.8) is 0 Å². The number of thioether (sulfide) groups is 1. The molecular weight excluding hydrogens is 266 g/mol. The molecule has 0 saturated carbocycles. The Morgan fingerprint density at radius 2 is 2.39 bits per heavy atom. The SMILES string of the molecule is CCOCCSc1nsnc1C1=CCCN(C)C1. The van der Waals surface area contributed by atoms with Gasteiger partial charge in [-0.05, 0) is 26.0 Å². The van der Waals surface area contributed by atoms with E-state index in [-0.39, 0.29) is 0 Å². The van der Waals surface area contributed by atoms with Crippen molar-refractivity contribution in [1.82, 2.24) is 13.6 Å². The molecule has 1 aliphatic heterocycles. The van der Waals surface area contributed by atoms with E-state index in [9.17, 15) is 0 Å². The van der Waals surface area contributed by atoms with Crippen molar-refractivity contribution in [3.8, 4) is 0 Å². The van der Waals surface area contributed by atoms with Crippen LogP contribution in [0.15, 0.2) is 11.1 Å². The zero-order valence-corrected chi connectivity index (χ0v) is 12.5. The van der Waals surface area contributed by atoms with Gasteiger partial charge in [-0.3, -0.25) is 0 Å². The molecule has 6 heteroatoms. The minimum absolute atomic E-state index is 0.775. The van der Waals surface area contributed by atoms with Crippen LogP contribution in [0.3, 0.4) is 0 Å². The first-order valence-corrected chi connectivity index (χ1v) is 7.94. The molecule has 18 heavy (non-hydrogen) atoms. The van der Waals surface area contributed by atoms with Gasteiger partial charge in [0.15, 0.2) is 0 Å². The van der Waals surface area contributed by atoms with Crippen molar-refractivity contribution in [2.75, 3.05) is 39.1 Å². The summed E-state index contributed by atoms with van der Waals surface area (Å²) in [5, 5.41) is 1.06. The second kappa shape index (κ2) is 7.23. The van der Waals surface area contributed by atoms with Crippen molar-refractivity contribution in [3.05, 3.63) is 11.8 Å². The summed E-state index contributed by atoms with van der Waals surface area (Å²) in [6.45, 7) is 5.68. The molecule has 0 amide bonds. The van der Waals surface area contributed by atoms with Crippen LogP contribution < -0.4 is 0 Å². The van der Waals surface area contributed by atoms with Crippen LogP contribution in [0, 0.1) is 0 Å². The van der Waals surface area contributed by atoms with Crippen LogP contribution >= 0.6 is 23.5 Å². The van der Waals surface area contributed by atoms with Gasteiger partial charge in [-0.1, -0.05) is 6.08 Å². The molecule has 0 spiro atoms. The molecule has 1 aromatic rings. The van der Waals surface area contributed by atoms with E-state index in [4.69, 9.17) is 4.74 Å². The zero-order chi connectivity index (χ0) is 12.8. The standard InChI is InChI=1S/C12H19N3OS2/c1-3-16-7-8-17-12-11(13-18-14-12)10-5-4-6-15(2)9-10/h5H,3-4,6-9H2,1-2H3. The number of hydrogen-bond acceptors (Lipinski definition) is 6. The van der Waals surface area contributed by atoms with Crippen molar-refractivity contribution >= 4 is 29.1 Å². The van der Waals surface area contributed by atoms with Crippen molar-refractivity contribution in [2.24, 2.45) is 0 Å². The average molecular weight is 285 g/mol. The molecule has 0 aliphatic carbocycles. The Kier molecular flexibility index (Phi) is 5.62. The number of aromatic nitrogens is 2. The predicted molar refractivity (Wildman–Crippen MR) is 77.2 cm³/mol. The first kappa shape index (κ1) is 14.0. The van der Waals surface area contributed by atoms with Crippen molar-refractivity contribution in [2.45, 2.75) is 18.4 Å². The summed E-state index contributed by atoms with van der Waals surface area (Å²) in [4.78, 5) is 2.32. The second-order valence-corrected chi connectivity index (χ2v) is 5.83. The van der Waals surface area contributed by atoms with Gasteiger partial charge >= 0.3 is 0 Å². The monoisotopic (exact) mass is 285 g/mol. The van der Waals surface area contributed by atoms with Crippen LogP contribution in [0.1, 0.15) is 19.0 Å². The molecular formula is C12H19N3OS2. The molecule has 0 aromatic carbocycles. The molecule has 0 atom stereocenters. The Balaban J connectivity index is 1.96. The lowest BCUT2D eigenvalue weighted by Gasteiger charge is -2.22. The molecule has 0 unspecified atom stereocenters. The third kappa shape index (κ3) is 3.78. The normalized spacial score (nSPS) is 16.9. The van der Waals surface area contributed by atoms with E-state index in [1.165, 1.54) is 17.3 Å². The first-order chi connectivity index (χ1) is 8.81. The first-order valence-electron chi connectivity index (χ1n) is 6.22. The van der Waals surface area contributed by atoms with E-state index in [0.717, 1.165) is 49.2 Å². The Hall–Kier alpha value is -0.430. The summed E-state index contributed by atoms with van der Waals surface area (Å²) < 4.78 is 14.2. The Morgan fingerprint density at radius 1 is 1.50 bits per heavy atom. The van der Waals surface area contributed by atoms with Crippen LogP contribution in [-0.4, -0.2) is 52.8 Å². The fourth-order valence-corrected chi connectivity index (χ4v) is 3.44. The number of rotatable bonds is 6. The van der Waals surface area contributed by atoms with Gasteiger partial charge in [0.25, 0.3) is 0 Å². The molecule has 1 aliphatic rings. The Morgan fingerprint density at radius 3 is 3.17 bits per heavy atom. The third-order valence-corrected chi connectivity index (χ3v) is 4.35. The summed E-state index contributed by atoms with van der Waals surface area (Å²) in [6, 6.07) is 0. The third-order valence-electron chi connectivity index (χ3n) is 2.77. The molecule has 2 heterocycles. The molecule has 0 radical (unpaired) electrons. The molecule has 100 valence electrons. The minimum atomic E-state index is 0.775. The number of ether oxygens (including phenoxy) is 1. The van der Waals surface area contributed by atoms with Gasteiger partial charge in [0.05, 0.1) is 18.3 Å². The van der Waals surface area contributed by atoms with Crippen molar-refractivity contribution < 1.29 is 4.74 Å². The second-order valence-electron chi connectivity index (χ2n) is 4.22. The van der Waals surface area contributed by atoms with E-state index < -0.39 is 0 Å². The molecule has 1 aromatic heterocycles. The summed E-state index contributed by atoms with van der Waals surface area (Å²) in [5.74, 6) is 0.940. The van der Waals surface area contributed by atoms with Gasteiger partial charge < -0.3 is 9.64 Å². The van der Waals surface area contributed by atoms with Crippen LogP contribution in [0.2, 0.25) is 0 Å².